The summed E-state index contributed by atoms with van der Waals surface area (Å²) in [4.78, 5) is 10.6. The Balaban J connectivity index is 3.22. The Bertz CT molecular complexity index is 348. The Morgan fingerprint density at radius 2 is 2.38 bits per heavy atom. The molecule has 2 heteroatoms. The number of ether oxygens (including phenoxy) is 1. The first-order valence-corrected chi connectivity index (χ1v) is 3.88. The second kappa shape index (κ2) is 4.32. The van der Waals surface area contributed by atoms with Crippen LogP contribution in [0.15, 0.2) is 18.2 Å². The largest absolute Gasteiger partial charge is 0.496 e. The predicted molar refractivity (Wildman–Crippen MR) is 50.9 cm³/mol. The molecule has 0 aliphatic rings. The van der Waals surface area contributed by atoms with Crippen molar-refractivity contribution in [2.24, 2.45) is 0 Å². The van der Waals surface area contributed by atoms with Crippen molar-refractivity contribution in [3.05, 3.63) is 29.3 Å². The van der Waals surface area contributed by atoms with Gasteiger partial charge in [0.2, 0.25) is 0 Å². The Hall–Kier alpha value is -1.75. The van der Waals surface area contributed by atoms with E-state index in [2.05, 4.69) is 5.92 Å². The SMILES string of the molecule is C#CCc1c(C=O)cccc1OC. The van der Waals surface area contributed by atoms with Gasteiger partial charge in [0.25, 0.3) is 0 Å². The zero-order valence-electron chi connectivity index (χ0n) is 7.41. The molecule has 1 aromatic carbocycles. The average Bonchev–Trinajstić information content (AvgIpc) is 2.18. The molecule has 0 amide bonds. The van der Waals surface area contributed by atoms with Crippen molar-refractivity contribution in [3.63, 3.8) is 0 Å². The number of terminal acetylenes is 1. The third-order valence-corrected chi connectivity index (χ3v) is 1.79. The standard InChI is InChI=1S/C11H10O2/c1-3-5-10-9(8-12)6-4-7-11(10)13-2/h1,4,6-8H,5H2,2H3. The van der Waals surface area contributed by atoms with Crippen LogP contribution in [-0.4, -0.2) is 13.4 Å². The first kappa shape index (κ1) is 9.34. The van der Waals surface area contributed by atoms with Crippen LogP contribution >= 0.6 is 0 Å². The van der Waals surface area contributed by atoms with Crippen LogP contribution in [-0.2, 0) is 6.42 Å². The van der Waals surface area contributed by atoms with Crippen molar-refractivity contribution < 1.29 is 9.53 Å². The van der Waals surface area contributed by atoms with Crippen molar-refractivity contribution in [3.8, 4) is 18.1 Å². The van der Waals surface area contributed by atoms with Crippen LogP contribution in [0.25, 0.3) is 0 Å². The fourth-order valence-corrected chi connectivity index (χ4v) is 1.18. The zero-order chi connectivity index (χ0) is 9.68. The number of carbonyl (C=O) groups is 1. The minimum absolute atomic E-state index is 0.415. The smallest absolute Gasteiger partial charge is 0.150 e. The van der Waals surface area contributed by atoms with Crippen molar-refractivity contribution in [2.75, 3.05) is 7.11 Å². The van der Waals surface area contributed by atoms with E-state index in [1.54, 1.807) is 25.3 Å². The fraction of sp³-hybridized carbons (Fsp3) is 0.182. The Labute approximate surface area is 77.5 Å². The molecule has 0 saturated carbocycles. The molecule has 1 aromatic rings. The van der Waals surface area contributed by atoms with Crippen LogP contribution in [0, 0.1) is 12.3 Å². The second-order valence-electron chi connectivity index (χ2n) is 2.53. The van der Waals surface area contributed by atoms with Gasteiger partial charge in [-0.15, -0.1) is 12.3 Å². The molecule has 0 N–H and O–H groups in total. The minimum atomic E-state index is 0.415. The van der Waals surface area contributed by atoms with Crippen LogP contribution in [0.4, 0.5) is 0 Å². The van der Waals surface area contributed by atoms with E-state index in [-0.39, 0.29) is 0 Å². The van der Waals surface area contributed by atoms with E-state index >= 15 is 0 Å². The van der Waals surface area contributed by atoms with Gasteiger partial charge in [0.1, 0.15) is 12.0 Å². The Morgan fingerprint density at radius 1 is 1.62 bits per heavy atom. The van der Waals surface area contributed by atoms with E-state index in [4.69, 9.17) is 11.2 Å². The maximum atomic E-state index is 10.6. The average molecular weight is 174 g/mol. The van der Waals surface area contributed by atoms with Gasteiger partial charge in [-0.2, -0.15) is 0 Å². The topological polar surface area (TPSA) is 26.3 Å². The van der Waals surface area contributed by atoms with Gasteiger partial charge in [-0.25, -0.2) is 0 Å². The number of hydrogen-bond donors (Lipinski definition) is 0. The van der Waals surface area contributed by atoms with Gasteiger partial charge in [0.15, 0.2) is 0 Å². The van der Waals surface area contributed by atoms with Gasteiger partial charge in [0, 0.05) is 17.5 Å². The summed E-state index contributed by atoms with van der Waals surface area (Å²) in [6.07, 6.45) is 6.39. The molecule has 0 fully saturated rings. The summed E-state index contributed by atoms with van der Waals surface area (Å²) in [5.74, 6) is 3.16. The summed E-state index contributed by atoms with van der Waals surface area (Å²) < 4.78 is 5.09. The van der Waals surface area contributed by atoms with Crippen molar-refractivity contribution in [1.29, 1.82) is 0 Å². The van der Waals surface area contributed by atoms with E-state index < -0.39 is 0 Å². The number of hydrogen-bond acceptors (Lipinski definition) is 2. The molecule has 0 radical (unpaired) electrons. The van der Waals surface area contributed by atoms with Gasteiger partial charge in [-0.3, -0.25) is 4.79 Å². The lowest BCUT2D eigenvalue weighted by Gasteiger charge is -2.07. The molecule has 0 atom stereocenters. The number of aldehydes is 1. The molecule has 0 aromatic heterocycles. The van der Waals surface area contributed by atoms with Crippen LogP contribution in [0.1, 0.15) is 15.9 Å². The molecule has 0 spiro atoms. The second-order valence-corrected chi connectivity index (χ2v) is 2.53. The predicted octanol–water partition coefficient (Wildman–Crippen LogP) is 1.68. The molecule has 0 heterocycles. The molecule has 0 aliphatic carbocycles. The van der Waals surface area contributed by atoms with E-state index in [0.29, 0.717) is 17.7 Å². The molecule has 13 heavy (non-hydrogen) atoms. The number of rotatable bonds is 3. The van der Waals surface area contributed by atoms with Gasteiger partial charge in [0.05, 0.1) is 7.11 Å². The maximum absolute atomic E-state index is 10.6. The van der Waals surface area contributed by atoms with E-state index in [0.717, 1.165) is 11.8 Å². The van der Waals surface area contributed by atoms with E-state index in [1.807, 2.05) is 0 Å². The number of carbonyl (C=O) groups excluding carboxylic acids is 1. The van der Waals surface area contributed by atoms with Gasteiger partial charge >= 0.3 is 0 Å². The van der Waals surface area contributed by atoms with Crippen LogP contribution in [0.3, 0.4) is 0 Å². The molecular formula is C11H10O2. The summed E-state index contributed by atoms with van der Waals surface area (Å²) in [5.41, 5.74) is 1.37. The van der Waals surface area contributed by atoms with Crippen molar-refractivity contribution in [2.45, 2.75) is 6.42 Å². The fourth-order valence-electron chi connectivity index (χ4n) is 1.18. The van der Waals surface area contributed by atoms with Gasteiger partial charge in [-0.1, -0.05) is 12.1 Å². The lowest BCUT2D eigenvalue weighted by molar-refractivity contribution is 0.112. The first-order valence-electron chi connectivity index (χ1n) is 3.88. The first-order chi connectivity index (χ1) is 6.33. The summed E-state index contributed by atoms with van der Waals surface area (Å²) in [7, 11) is 1.56. The summed E-state index contributed by atoms with van der Waals surface area (Å²) in [6, 6.07) is 5.28. The normalized spacial score (nSPS) is 8.92. The van der Waals surface area contributed by atoms with Crippen LogP contribution in [0.2, 0.25) is 0 Å². The monoisotopic (exact) mass is 174 g/mol. The summed E-state index contributed by atoms with van der Waals surface area (Å²) in [5, 5.41) is 0. The quantitative estimate of drug-likeness (QED) is 0.514. The Kier molecular flexibility index (Phi) is 3.10. The highest BCUT2D eigenvalue weighted by atomic mass is 16.5. The molecule has 0 bridgehead atoms. The number of methoxy groups -OCH3 is 1. The lowest BCUT2D eigenvalue weighted by atomic mass is 10.0. The van der Waals surface area contributed by atoms with E-state index in [9.17, 15) is 4.79 Å². The molecule has 66 valence electrons. The third kappa shape index (κ3) is 1.88. The summed E-state index contributed by atoms with van der Waals surface area (Å²) >= 11 is 0. The highest BCUT2D eigenvalue weighted by Crippen LogP contribution is 2.21. The van der Waals surface area contributed by atoms with Gasteiger partial charge < -0.3 is 4.74 Å². The third-order valence-electron chi connectivity index (χ3n) is 1.79. The zero-order valence-corrected chi connectivity index (χ0v) is 7.41. The Morgan fingerprint density at radius 3 is 2.92 bits per heavy atom. The molecule has 0 aliphatic heterocycles. The van der Waals surface area contributed by atoms with Crippen molar-refractivity contribution >= 4 is 6.29 Å². The number of benzene rings is 1. The molecule has 2 nitrogen and oxygen atoms in total. The minimum Gasteiger partial charge on any atom is -0.496 e. The molecule has 0 saturated heterocycles. The van der Waals surface area contributed by atoms with Crippen molar-refractivity contribution in [1.82, 2.24) is 0 Å². The van der Waals surface area contributed by atoms with Gasteiger partial charge in [-0.05, 0) is 6.07 Å². The lowest BCUT2D eigenvalue weighted by Crippen LogP contribution is -1.96. The maximum Gasteiger partial charge on any atom is 0.150 e. The highest BCUT2D eigenvalue weighted by molar-refractivity contribution is 5.79. The highest BCUT2D eigenvalue weighted by Gasteiger charge is 2.05. The van der Waals surface area contributed by atoms with Crippen LogP contribution < -0.4 is 4.74 Å². The van der Waals surface area contributed by atoms with E-state index in [1.165, 1.54) is 0 Å². The molecular weight excluding hydrogens is 164 g/mol. The summed E-state index contributed by atoms with van der Waals surface area (Å²) in [6.45, 7) is 0. The molecule has 0 unspecified atom stereocenters. The molecule has 1 rings (SSSR count). The van der Waals surface area contributed by atoms with Crippen LogP contribution in [0.5, 0.6) is 5.75 Å².